The number of phenolic OH excluding ortho intramolecular Hbond substituents is 1. The van der Waals surface area contributed by atoms with Gasteiger partial charge in [-0.1, -0.05) is 6.07 Å². The Morgan fingerprint density at radius 3 is 2.76 bits per heavy atom. The molecule has 17 heavy (non-hydrogen) atoms. The largest absolute Gasteiger partial charge is 0.508 e. The Hall–Kier alpha value is -1.16. The summed E-state index contributed by atoms with van der Waals surface area (Å²) < 4.78 is 0. The molecule has 1 aliphatic heterocycles. The summed E-state index contributed by atoms with van der Waals surface area (Å²) in [4.78, 5) is 14.9. The van der Waals surface area contributed by atoms with Crippen molar-refractivity contribution in [1.29, 1.82) is 0 Å². The van der Waals surface area contributed by atoms with Crippen molar-refractivity contribution in [2.24, 2.45) is 0 Å². The van der Waals surface area contributed by atoms with Crippen LogP contribution in [0.1, 0.15) is 19.8 Å². The van der Waals surface area contributed by atoms with Crippen LogP contribution in [-0.4, -0.2) is 34.3 Å². The summed E-state index contributed by atoms with van der Waals surface area (Å²) in [7, 11) is 0. The van der Waals surface area contributed by atoms with Crippen LogP contribution in [0.5, 0.6) is 5.75 Å². The van der Waals surface area contributed by atoms with Crippen molar-refractivity contribution in [3.8, 4) is 5.75 Å². The molecule has 4 heteroatoms. The van der Waals surface area contributed by atoms with E-state index in [1.165, 1.54) is 11.8 Å². The zero-order chi connectivity index (χ0) is 12.3. The summed E-state index contributed by atoms with van der Waals surface area (Å²) in [6.07, 6.45) is 2.24. The monoisotopic (exact) mass is 251 g/mol. The Kier molecular flexibility index (Phi) is 3.94. The zero-order valence-corrected chi connectivity index (χ0v) is 10.7. The van der Waals surface area contributed by atoms with Gasteiger partial charge in [0.2, 0.25) is 5.91 Å². The average molecular weight is 251 g/mol. The molecule has 1 unspecified atom stereocenters. The second-order valence-electron chi connectivity index (χ2n) is 4.29. The third-order valence-electron chi connectivity index (χ3n) is 2.90. The van der Waals surface area contributed by atoms with Gasteiger partial charge in [0.15, 0.2) is 0 Å². The van der Waals surface area contributed by atoms with E-state index in [-0.39, 0.29) is 16.9 Å². The van der Waals surface area contributed by atoms with Crippen molar-refractivity contribution < 1.29 is 9.90 Å². The van der Waals surface area contributed by atoms with Crippen molar-refractivity contribution in [2.45, 2.75) is 29.9 Å². The van der Waals surface area contributed by atoms with Crippen LogP contribution in [0.25, 0.3) is 0 Å². The Morgan fingerprint density at radius 1 is 1.41 bits per heavy atom. The summed E-state index contributed by atoms with van der Waals surface area (Å²) in [5.41, 5.74) is 0. The van der Waals surface area contributed by atoms with E-state index in [4.69, 9.17) is 0 Å². The normalized spacial score (nSPS) is 17.1. The molecule has 0 saturated carbocycles. The summed E-state index contributed by atoms with van der Waals surface area (Å²) in [5.74, 6) is 0.451. The lowest BCUT2D eigenvalue weighted by Crippen LogP contribution is -2.33. The van der Waals surface area contributed by atoms with Crippen LogP contribution in [0.4, 0.5) is 0 Å². The van der Waals surface area contributed by atoms with Gasteiger partial charge < -0.3 is 10.0 Å². The fourth-order valence-corrected chi connectivity index (χ4v) is 3.01. The molecule has 1 aliphatic rings. The molecule has 0 spiro atoms. The van der Waals surface area contributed by atoms with Crippen LogP contribution in [0.2, 0.25) is 0 Å². The molecule has 1 fully saturated rings. The number of carbonyl (C=O) groups is 1. The number of thioether (sulfide) groups is 1. The number of phenols is 1. The summed E-state index contributed by atoms with van der Waals surface area (Å²) in [6.45, 7) is 3.71. The highest BCUT2D eigenvalue weighted by atomic mass is 32.2. The molecule has 0 radical (unpaired) electrons. The van der Waals surface area contributed by atoms with Gasteiger partial charge in [0.1, 0.15) is 5.75 Å². The van der Waals surface area contributed by atoms with E-state index >= 15 is 0 Å². The first-order chi connectivity index (χ1) is 8.16. The van der Waals surface area contributed by atoms with E-state index < -0.39 is 0 Å². The van der Waals surface area contributed by atoms with Crippen molar-refractivity contribution in [3.63, 3.8) is 0 Å². The van der Waals surface area contributed by atoms with Gasteiger partial charge in [-0.25, -0.2) is 0 Å². The Balaban J connectivity index is 1.96. The zero-order valence-electron chi connectivity index (χ0n) is 9.93. The van der Waals surface area contributed by atoms with E-state index in [0.29, 0.717) is 0 Å². The van der Waals surface area contributed by atoms with Gasteiger partial charge in [-0.05, 0) is 38.0 Å². The van der Waals surface area contributed by atoms with E-state index in [1.807, 2.05) is 17.9 Å². The molecule has 1 amide bonds. The minimum Gasteiger partial charge on any atom is -0.508 e. The lowest BCUT2D eigenvalue weighted by Gasteiger charge is -2.19. The van der Waals surface area contributed by atoms with Gasteiger partial charge in [-0.2, -0.15) is 0 Å². The molecule has 1 heterocycles. The summed E-state index contributed by atoms with van der Waals surface area (Å²) in [6, 6.07) is 7.04. The van der Waals surface area contributed by atoms with E-state index in [2.05, 4.69) is 0 Å². The number of amides is 1. The van der Waals surface area contributed by atoms with E-state index in [1.54, 1.807) is 18.2 Å². The molecule has 2 rings (SSSR count). The van der Waals surface area contributed by atoms with Crippen molar-refractivity contribution in [1.82, 2.24) is 4.90 Å². The fraction of sp³-hybridized carbons (Fsp3) is 0.462. The molecule has 0 aromatic heterocycles. The first kappa shape index (κ1) is 12.3. The molecule has 92 valence electrons. The minimum atomic E-state index is -0.0881. The first-order valence-electron chi connectivity index (χ1n) is 5.91. The molecular formula is C13H17NO2S. The van der Waals surface area contributed by atoms with Gasteiger partial charge in [-0.15, -0.1) is 11.8 Å². The van der Waals surface area contributed by atoms with Gasteiger partial charge in [0, 0.05) is 18.0 Å². The molecule has 0 bridgehead atoms. The van der Waals surface area contributed by atoms with Crippen LogP contribution < -0.4 is 0 Å². The Bertz CT molecular complexity index is 402. The second kappa shape index (κ2) is 5.45. The van der Waals surface area contributed by atoms with Crippen molar-refractivity contribution in [2.75, 3.05) is 13.1 Å². The maximum atomic E-state index is 12.1. The number of aromatic hydroxyl groups is 1. The number of hydrogen-bond donors (Lipinski definition) is 1. The highest BCUT2D eigenvalue weighted by molar-refractivity contribution is 8.00. The van der Waals surface area contributed by atoms with Crippen molar-refractivity contribution >= 4 is 17.7 Å². The van der Waals surface area contributed by atoms with E-state index in [0.717, 1.165) is 30.8 Å². The molecule has 1 aromatic rings. The lowest BCUT2D eigenvalue weighted by molar-refractivity contribution is -0.129. The van der Waals surface area contributed by atoms with Gasteiger partial charge in [0.25, 0.3) is 0 Å². The second-order valence-corrected chi connectivity index (χ2v) is 5.70. The predicted octanol–water partition coefficient (Wildman–Crippen LogP) is 2.50. The number of hydrogen-bond acceptors (Lipinski definition) is 3. The summed E-state index contributed by atoms with van der Waals surface area (Å²) >= 11 is 1.50. The SMILES string of the molecule is CC(Sc1cccc(O)c1)C(=O)N1CCCC1. The average Bonchev–Trinajstić information content (AvgIpc) is 2.81. The molecule has 1 N–H and O–H groups in total. The smallest absolute Gasteiger partial charge is 0.235 e. The standard InChI is InChI=1S/C13H17NO2S/c1-10(13(16)14-7-2-3-8-14)17-12-6-4-5-11(15)9-12/h4-6,9-10,15H,2-3,7-8H2,1H3. The van der Waals surface area contributed by atoms with Crippen LogP contribution in [0, 0.1) is 0 Å². The van der Waals surface area contributed by atoms with Crippen LogP contribution in [0.3, 0.4) is 0 Å². The lowest BCUT2D eigenvalue weighted by atomic mass is 10.3. The maximum Gasteiger partial charge on any atom is 0.235 e. The highest BCUT2D eigenvalue weighted by Crippen LogP contribution is 2.27. The topological polar surface area (TPSA) is 40.5 Å². The molecule has 0 aliphatic carbocycles. The maximum absolute atomic E-state index is 12.1. The molecule has 1 aromatic carbocycles. The molecule has 1 saturated heterocycles. The Labute approximate surface area is 106 Å². The fourth-order valence-electron chi connectivity index (χ4n) is 2.01. The van der Waals surface area contributed by atoms with Gasteiger partial charge in [-0.3, -0.25) is 4.79 Å². The van der Waals surface area contributed by atoms with Crippen LogP contribution in [0.15, 0.2) is 29.2 Å². The number of nitrogens with zero attached hydrogens (tertiary/aromatic N) is 1. The molecule has 1 atom stereocenters. The third kappa shape index (κ3) is 3.16. The molecule has 3 nitrogen and oxygen atoms in total. The Morgan fingerprint density at radius 2 is 2.12 bits per heavy atom. The minimum absolute atomic E-state index is 0.0881. The van der Waals surface area contributed by atoms with Gasteiger partial charge >= 0.3 is 0 Å². The third-order valence-corrected chi connectivity index (χ3v) is 3.98. The molecular weight excluding hydrogens is 234 g/mol. The summed E-state index contributed by atoms with van der Waals surface area (Å²) in [5, 5.41) is 9.28. The van der Waals surface area contributed by atoms with Crippen molar-refractivity contribution in [3.05, 3.63) is 24.3 Å². The number of rotatable bonds is 3. The highest BCUT2D eigenvalue weighted by Gasteiger charge is 2.23. The van der Waals surface area contributed by atoms with Crippen LogP contribution in [-0.2, 0) is 4.79 Å². The number of carbonyl (C=O) groups excluding carboxylic acids is 1. The number of likely N-dealkylation sites (tertiary alicyclic amines) is 1. The predicted molar refractivity (Wildman–Crippen MR) is 69.2 cm³/mol. The van der Waals surface area contributed by atoms with Crippen LogP contribution >= 0.6 is 11.8 Å². The van der Waals surface area contributed by atoms with Gasteiger partial charge in [0.05, 0.1) is 5.25 Å². The first-order valence-corrected chi connectivity index (χ1v) is 6.79. The van der Waals surface area contributed by atoms with E-state index in [9.17, 15) is 9.90 Å². The number of benzene rings is 1. The quantitative estimate of drug-likeness (QED) is 0.839.